The van der Waals surface area contributed by atoms with Gasteiger partial charge in [-0.1, -0.05) is 0 Å². The second-order valence-electron chi connectivity index (χ2n) is 3.69. The highest BCUT2D eigenvalue weighted by atomic mass is 16.5. The van der Waals surface area contributed by atoms with Crippen molar-refractivity contribution in [3.63, 3.8) is 0 Å². The van der Waals surface area contributed by atoms with Crippen LogP contribution in [0.5, 0.6) is 5.75 Å². The number of aromatic nitrogens is 1. The molecule has 0 amide bonds. The third-order valence-corrected chi connectivity index (χ3v) is 2.65. The zero-order valence-corrected chi connectivity index (χ0v) is 9.98. The van der Waals surface area contributed by atoms with Crippen LogP contribution in [0.4, 0.5) is 0 Å². The molecule has 1 aromatic heterocycles. The van der Waals surface area contributed by atoms with Gasteiger partial charge in [-0.2, -0.15) is 0 Å². The summed E-state index contributed by atoms with van der Waals surface area (Å²) in [5.41, 5.74) is 2.07. The molecule has 0 unspecified atom stereocenters. The monoisotopic (exact) mass is 231 g/mol. The summed E-state index contributed by atoms with van der Waals surface area (Å²) in [7, 11) is 2.95. The van der Waals surface area contributed by atoms with E-state index in [1.165, 1.54) is 7.11 Å². The van der Waals surface area contributed by atoms with Gasteiger partial charge in [0.1, 0.15) is 5.75 Å². The maximum Gasteiger partial charge on any atom is 0.338 e. The molecule has 4 heteroatoms. The summed E-state index contributed by atoms with van der Waals surface area (Å²) in [5.74, 6) is 0.332. The van der Waals surface area contributed by atoms with Gasteiger partial charge >= 0.3 is 5.97 Å². The minimum absolute atomic E-state index is 0.358. The van der Waals surface area contributed by atoms with Gasteiger partial charge in [-0.05, 0) is 30.7 Å². The van der Waals surface area contributed by atoms with Gasteiger partial charge in [0.05, 0.1) is 25.3 Å². The van der Waals surface area contributed by atoms with Crippen molar-refractivity contribution < 1.29 is 14.3 Å². The number of esters is 1. The van der Waals surface area contributed by atoms with E-state index in [1.54, 1.807) is 19.4 Å². The van der Waals surface area contributed by atoms with Crippen LogP contribution in [-0.2, 0) is 4.74 Å². The maximum absolute atomic E-state index is 11.8. The maximum atomic E-state index is 11.8. The fourth-order valence-electron chi connectivity index (χ4n) is 1.77. The second kappa shape index (κ2) is 4.41. The Morgan fingerprint density at radius 2 is 2.06 bits per heavy atom. The molecule has 2 aromatic rings. The van der Waals surface area contributed by atoms with E-state index in [4.69, 9.17) is 9.47 Å². The number of nitrogens with zero attached hydrogens (tertiary/aromatic N) is 1. The molecule has 0 saturated carbocycles. The largest absolute Gasteiger partial charge is 0.497 e. The SMILES string of the molecule is COC(=O)c1c(C)cnc2ccc(OC)cc12. The molecule has 4 nitrogen and oxygen atoms in total. The Morgan fingerprint density at radius 3 is 2.71 bits per heavy atom. The third kappa shape index (κ3) is 1.93. The number of methoxy groups -OCH3 is 2. The number of ether oxygens (including phenoxy) is 2. The number of benzene rings is 1. The average molecular weight is 231 g/mol. The second-order valence-corrected chi connectivity index (χ2v) is 3.69. The van der Waals surface area contributed by atoms with Crippen LogP contribution in [0, 0.1) is 6.92 Å². The Kier molecular flexibility index (Phi) is 2.95. The molecule has 0 aliphatic carbocycles. The molecule has 0 radical (unpaired) electrons. The summed E-state index contributed by atoms with van der Waals surface area (Å²) < 4.78 is 9.94. The zero-order chi connectivity index (χ0) is 12.4. The van der Waals surface area contributed by atoms with Crippen LogP contribution in [0.15, 0.2) is 24.4 Å². The predicted octanol–water partition coefficient (Wildman–Crippen LogP) is 2.34. The first kappa shape index (κ1) is 11.4. The van der Waals surface area contributed by atoms with Gasteiger partial charge in [-0.25, -0.2) is 4.79 Å². The molecule has 0 aliphatic rings. The highest BCUT2D eigenvalue weighted by Gasteiger charge is 2.14. The number of pyridine rings is 1. The van der Waals surface area contributed by atoms with Crippen molar-refractivity contribution in [2.45, 2.75) is 6.92 Å². The number of rotatable bonds is 2. The molecule has 0 atom stereocenters. The third-order valence-electron chi connectivity index (χ3n) is 2.65. The molecule has 17 heavy (non-hydrogen) atoms. The minimum atomic E-state index is -0.358. The highest BCUT2D eigenvalue weighted by Crippen LogP contribution is 2.25. The van der Waals surface area contributed by atoms with Crippen molar-refractivity contribution in [3.8, 4) is 5.75 Å². The van der Waals surface area contributed by atoms with Crippen LogP contribution in [0.3, 0.4) is 0 Å². The number of hydrogen-bond acceptors (Lipinski definition) is 4. The van der Waals surface area contributed by atoms with Crippen molar-refractivity contribution in [3.05, 3.63) is 35.5 Å². The molecule has 0 saturated heterocycles. The fraction of sp³-hybridized carbons (Fsp3) is 0.231. The van der Waals surface area contributed by atoms with E-state index in [1.807, 2.05) is 19.1 Å². The molecule has 2 rings (SSSR count). The smallest absolute Gasteiger partial charge is 0.338 e. The van der Waals surface area contributed by atoms with E-state index in [-0.39, 0.29) is 5.97 Å². The van der Waals surface area contributed by atoms with E-state index in [0.717, 1.165) is 16.5 Å². The summed E-state index contributed by atoms with van der Waals surface area (Å²) in [6.45, 7) is 1.83. The van der Waals surface area contributed by atoms with Crippen molar-refractivity contribution >= 4 is 16.9 Å². The van der Waals surface area contributed by atoms with Gasteiger partial charge in [0.15, 0.2) is 0 Å². The Bertz CT molecular complexity index is 578. The van der Waals surface area contributed by atoms with Crippen LogP contribution >= 0.6 is 0 Å². The predicted molar refractivity (Wildman–Crippen MR) is 64.4 cm³/mol. The average Bonchev–Trinajstić information content (AvgIpc) is 2.37. The van der Waals surface area contributed by atoms with Crippen LogP contribution in [0.1, 0.15) is 15.9 Å². The number of fused-ring (bicyclic) bond motifs is 1. The Hall–Kier alpha value is -2.10. The molecule has 1 heterocycles. The molecule has 0 aliphatic heterocycles. The molecule has 0 spiro atoms. The topological polar surface area (TPSA) is 48.4 Å². The molecular weight excluding hydrogens is 218 g/mol. The standard InChI is InChI=1S/C13H13NO3/c1-8-7-14-11-5-4-9(16-2)6-10(11)12(8)13(15)17-3/h4-7H,1-3H3. The summed E-state index contributed by atoms with van der Waals surface area (Å²) in [6.07, 6.45) is 1.67. The van der Waals surface area contributed by atoms with Crippen LogP contribution < -0.4 is 4.74 Å². The molecule has 0 N–H and O–H groups in total. The van der Waals surface area contributed by atoms with Crippen LogP contribution in [0.2, 0.25) is 0 Å². The van der Waals surface area contributed by atoms with Crippen molar-refractivity contribution in [1.82, 2.24) is 4.98 Å². The summed E-state index contributed by atoms with van der Waals surface area (Å²) >= 11 is 0. The number of aryl methyl sites for hydroxylation is 1. The van der Waals surface area contributed by atoms with Crippen LogP contribution in [-0.4, -0.2) is 25.2 Å². The number of hydrogen-bond donors (Lipinski definition) is 0. The first-order chi connectivity index (χ1) is 8.17. The molecular formula is C13H13NO3. The van der Waals surface area contributed by atoms with Gasteiger partial charge in [0.25, 0.3) is 0 Å². The lowest BCUT2D eigenvalue weighted by Crippen LogP contribution is -2.05. The summed E-state index contributed by atoms with van der Waals surface area (Å²) in [6, 6.07) is 5.42. The minimum Gasteiger partial charge on any atom is -0.497 e. The number of carbonyl (C=O) groups excluding carboxylic acids is 1. The van der Waals surface area contributed by atoms with Crippen molar-refractivity contribution in [2.75, 3.05) is 14.2 Å². The van der Waals surface area contributed by atoms with Gasteiger partial charge in [0, 0.05) is 11.6 Å². The van der Waals surface area contributed by atoms with Crippen molar-refractivity contribution in [2.24, 2.45) is 0 Å². The normalized spacial score (nSPS) is 10.3. The van der Waals surface area contributed by atoms with Crippen molar-refractivity contribution in [1.29, 1.82) is 0 Å². The van der Waals surface area contributed by atoms with E-state index in [9.17, 15) is 4.79 Å². The molecule has 1 aromatic carbocycles. The van der Waals surface area contributed by atoms with Gasteiger partial charge in [-0.3, -0.25) is 4.98 Å². The van der Waals surface area contributed by atoms with Crippen LogP contribution in [0.25, 0.3) is 10.9 Å². The fourth-order valence-corrected chi connectivity index (χ4v) is 1.77. The molecule has 88 valence electrons. The van der Waals surface area contributed by atoms with Gasteiger partial charge in [-0.15, -0.1) is 0 Å². The Labute approximate surface area is 99.2 Å². The number of carbonyl (C=O) groups is 1. The Morgan fingerprint density at radius 1 is 1.29 bits per heavy atom. The van der Waals surface area contributed by atoms with E-state index >= 15 is 0 Å². The highest BCUT2D eigenvalue weighted by molar-refractivity contribution is 6.04. The van der Waals surface area contributed by atoms with Gasteiger partial charge in [0.2, 0.25) is 0 Å². The lowest BCUT2D eigenvalue weighted by atomic mass is 10.0. The van der Waals surface area contributed by atoms with E-state index in [2.05, 4.69) is 4.98 Å². The van der Waals surface area contributed by atoms with Gasteiger partial charge < -0.3 is 9.47 Å². The zero-order valence-electron chi connectivity index (χ0n) is 9.98. The Balaban J connectivity index is 2.77. The van der Waals surface area contributed by atoms with E-state index in [0.29, 0.717) is 11.3 Å². The quantitative estimate of drug-likeness (QED) is 0.744. The summed E-state index contributed by atoms with van der Waals surface area (Å²) in [4.78, 5) is 16.0. The first-order valence-corrected chi connectivity index (χ1v) is 5.19. The summed E-state index contributed by atoms with van der Waals surface area (Å²) in [5, 5.41) is 0.746. The lowest BCUT2D eigenvalue weighted by Gasteiger charge is -2.08. The lowest BCUT2D eigenvalue weighted by molar-refractivity contribution is 0.0602. The molecule has 0 bridgehead atoms. The van der Waals surface area contributed by atoms with E-state index < -0.39 is 0 Å². The molecule has 0 fully saturated rings. The first-order valence-electron chi connectivity index (χ1n) is 5.19.